The van der Waals surface area contributed by atoms with Crippen molar-refractivity contribution in [2.75, 3.05) is 25.6 Å². The number of aryl methyl sites for hydroxylation is 1. The molecule has 0 spiro atoms. The van der Waals surface area contributed by atoms with Crippen LogP contribution < -0.4 is 25.2 Å². The summed E-state index contributed by atoms with van der Waals surface area (Å²) in [5.74, 6) is 1.61. The maximum absolute atomic E-state index is 12.5. The lowest BCUT2D eigenvalue weighted by molar-refractivity contribution is -0.116. The molecular weight excluding hydrogens is 454 g/mol. The summed E-state index contributed by atoms with van der Waals surface area (Å²) in [6, 6.07) is 8.83. The van der Waals surface area contributed by atoms with Crippen LogP contribution in [0.15, 0.2) is 44.0 Å². The summed E-state index contributed by atoms with van der Waals surface area (Å²) in [7, 11) is 1.55. The number of amides is 1. The van der Waals surface area contributed by atoms with E-state index in [4.69, 9.17) is 18.6 Å². The number of carbonyl (C=O) groups excluding carboxylic acids is 1. The molecule has 0 radical (unpaired) electrons. The lowest BCUT2D eigenvalue weighted by atomic mass is 10.0. The van der Waals surface area contributed by atoms with Gasteiger partial charge in [-0.15, -0.1) is 0 Å². The van der Waals surface area contributed by atoms with Gasteiger partial charge in [0.05, 0.1) is 12.8 Å². The number of ether oxygens (including phenoxy) is 3. The maximum Gasteiger partial charge on any atom is 0.339 e. The normalized spacial score (nSPS) is 12.6. The molecule has 2 aromatic carbocycles. The van der Waals surface area contributed by atoms with Gasteiger partial charge in [-0.1, -0.05) is 0 Å². The summed E-state index contributed by atoms with van der Waals surface area (Å²) in [5, 5.41) is 3.67. The number of benzene rings is 2. The van der Waals surface area contributed by atoms with E-state index in [2.05, 4.69) is 21.2 Å². The number of nitrogens with one attached hydrogen (secondary N) is 1. The summed E-state index contributed by atoms with van der Waals surface area (Å²) in [6.45, 7) is 2.81. The molecule has 1 aromatic heterocycles. The molecule has 3 aromatic rings. The SMILES string of the molecule is COc1ccc2c(C)c(CCC(=O)Nc3cc4c(cc3Br)OCCO4)c(=O)oc2c1. The Balaban J connectivity index is 1.50. The molecule has 1 aliphatic heterocycles. The molecule has 0 saturated carbocycles. The summed E-state index contributed by atoms with van der Waals surface area (Å²) in [5.41, 5.74) is 1.90. The van der Waals surface area contributed by atoms with Crippen molar-refractivity contribution < 1.29 is 23.4 Å². The first-order valence-electron chi connectivity index (χ1n) is 9.45. The number of hydrogen-bond donors (Lipinski definition) is 1. The van der Waals surface area contributed by atoms with Gasteiger partial charge in [0, 0.05) is 40.0 Å². The Kier molecular flexibility index (Phi) is 5.67. The fourth-order valence-corrected chi connectivity index (χ4v) is 3.82. The van der Waals surface area contributed by atoms with Gasteiger partial charge in [-0.25, -0.2) is 4.79 Å². The van der Waals surface area contributed by atoms with Crippen LogP contribution in [-0.2, 0) is 11.2 Å². The van der Waals surface area contributed by atoms with E-state index in [9.17, 15) is 9.59 Å². The lowest BCUT2D eigenvalue weighted by Crippen LogP contribution is -2.18. The monoisotopic (exact) mass is 473 g/mol. The number of anilines is 1. The van der Waals surface area contributed by atoms with Crippen molar-refractivity contribution in [3.63, 3.8) is 0 Å². The van der Waals surface area contributed by atoms with E-state index in [0.717, 1.165) is 10.9 Å². The molecule has 0 atom stereocenters. The average molecular weight is 474 g/mol. The van der Waals surface area contributed by atoms with E-state index in [1.165, 1.54) is 0 Å². The third kappa shape index (κ3) is 4.00. The second-order valence-electron chi connectivity index (χ2n) is 6.88. The van der Waals surface area contributed by atoms with Crippen LogP contribution in [0.4, 0.5) is 5.69 Å². The second-order valence-corrected chi connectivity index (χ2v) is 7.73. The molecular formula is C22H20BrNO6. The number of methoxy groups -OCH3 is 1. The standard InChI is InChI=1S/C22H20BrNO6/c1-12-14-4-3-13(27-2)9-18(14)30-22(26)15(12)5-6-21(25)24-17-11-20-19(10-16(17)23)28-7-8-29-20/h3-4,9-11H,5-8H2,1-2H3,(H,24,25). The van der Waals surface area contributed by atoms with Crippen LogP contribution in [-0.4, -0.2) is 26.2 Å². The van der Waals surface area contributed by atoms with Crippen LogP contribution in [0.2, 0.25) is 0 Å². The van der Waals surface area contributed by atoms with Crippen LogP contribution in [0, 0.1) is 6.92 Å². The molecule has 0 bridgehead atoms. The first kappa shape index (κ1) is 20.3. The first-order valence-corrected chi connectivity index (χ1v) is 10.2. The van der Waals surface area contributed by atoms with Gasteiger partial charge >= 0.3 is 5.63 Å². The molecule has 7 nitrogen and oxygen atoms in total. The fourth-order valence-electron chi connectivity index (χ4n) is 3.40. The summed E-state index contributed by atoms with van der Waals surface area (Å²) >= 11 is 3.44. The fraction of sp³-hybridized carbons (Fsp3) is 0.273. The zero-order valence-corrected chi connectivity index (χ0v) is 18.1. The number of hydrogen-bond acceptors (Lipinski definition) is 6. The van der Waals surface area contributed by atoms with Gasteiger partial charge < -0.3 is 23.9 Å². The Labute approximate surface area is 181 Å². The van der Waals surface area contributed by atoms with Crippen molar-refractivity contribution in [3.8, 4) is 17.2 Å². The molecule has 1 N–H and O–H groups in total. The van der Waals surface area contributed by atoms with Crippen molar-refractivity contribution in [1.29, 1.82) is 0 Å². The average Bonchev–Trinajstić information content (AvgIpc) is 2.73. The van der Waals surface area contributed by atoms with E-state index in [0.29, 0.717) is 51.8 Å². The lowest BCUT2D eigenvalue weighted by Gasteiger charge is -2.20. The molecule has 0 unspecified atom stereocenters. The highest BCUT2D eigenvalue weighted by molar-refractivity contribution is 9.10. The smallest absolute Gasteiger partial charge is 0.339 e. The van der Waals surface area contributed by atoms with Crippen molar-refractivity contribution in [2.45, 2.75) is 19.8 Å². The summed E-state index contributed by atoms with van der Waals surface area (Å²) < 4.78 is 22.4. The quantitative estimate of drug-likeness (QED) is 0.558. The molecule has 0 saturated heterocycles. The number of fused-ring (bicyclic) bond motifs is 2. The second kappa shape index (κ2) is 8.39. The molecule has 30 heavy (non-hydrogen) atoms. The van der Waals surface area contributed by atoms with Gasteiger partial charge in [-0.05, 0) is 47.0 Å². The zero-order chi connectivity index (χ0) is 21.3. The van der Waals surface area contributed by atoms with Crippen LogP contribution in [0.3, 0.4) is 0 Å². The third-order valence-corrected chi connectivity index (χ3v) is 5.66. The maximum atomic E-state index is 12.5. The number of carbonyl (C=O) groups is 1. The molecule has 0 fully saturated rings. The van der Waals surface area contributed by atoms with E-state index >= 15 is 0 Å². The first-order chi connectivity index (χ1) is 14.5. The predicted molar refractivity (Wildman–Crippen MR) is 116 cm³/mol. The Morgan fingerprint density at radius 1 is 1.17 bits per heavy atom. The van der Waals surface area contributed by atoms with Gasteiger partial charge in [0.25, 0.3) is 0 Å². The van der Waals surface area contributed by atoms with Crippen molar-refractivity contribution in [2.24, 2.45) is 0 Å². The Bertz CT molecular complexity index is 1190. The molecule has 8 heteroatoms. The predicted octanol–water partition coefficient (Wildman–Crippen LogP) is 4.22. The molecule has 1 aliphatic rings. The van der Waals surface area contributed by atoms with Gasteiger partial charge in [0.2, 0.25) is 5.91 Å². The highest BCUT2D eigenvalue weighted by Gasteiger charge is 2.17. The molecule has 1 amide bonds. The van der Waals surface area contributed by atoms with Crippen LogP contribution in [0.25, 0.3) is 11.0 Å². The van der Waals surface area contributed by atoms with E-state index in [1.54, 1.807) is 25.3 Å². The molecule has 0 aliphatic carbocycles. The van der Waals surface area contributed by atoms with Crippen LogP contribution in [0.5, 0.6) is 17.2 Å². The minimum absolute atomic E-state index is 0.133. The largest absolute Gasteiger partial charge is 0.497 e. The van der Waals surface area contributed by atoms with Gasteiger partial charge in [0.1, 0.15) is 24.5 Å². The number of halogens is 1. The Morgan fingerprint density at radius 3 is 2.63 bits per heavy atom. The van der Waals surface area contributed by atoms with Gasteiger partial charge in [-0.3, -0.25) is 4.79 Å². The minimum Gasteiger partial charge on any atom is -0.497 e. The van der Waals surface area contributed by atoms with E-state index in [1.807, 2.05) is 19.1 Å². The van der Waals surface area contributed by atoms with Crippen molar-refractivity contribution >= 4 is 38.5 Å². The Hall–Kier alpha value is -3.00. The van der Waals surface area contributed by atoms with Crippen molar-refractivity contribution in [3.05, 3.63) is 56.4 Å². The summed E-state index contributed by atoms with van der Waals surface area (Å²) in [4.78, 5) is 25.0. The van der Waals surface area contributed by atoms with E-state index in [-0.39, 0.29) is 18.7 Å². The highest BCUT2D eigenvalue weighted by Crippen LogP contribution is 2.38. The summed E-state index contributed by atoms with van der Waals surface area (Å²) in [6.07, 6.45) is 0.401. The minimum atomic E-state index is -0.443. The Morgan fingerprint density at radius 2 is 1.90 bits per heavy atom. The van der Waals surface area contributed by atoms with E-state index < -0.39 is 5.63 Å². The topological polar surface area (TPSA) is 87.0 Å². The molecule has 4 rings (SSSR count). The molecule has 2 heterocycles. The highest BCUT2D eigenvalue weighted by atomic mass is 79.9. The molecule has 156 valence electrons. The van der Waals surface area contributed by atoms with Crippen molar-refractivity contribution in [1.82, 2.24) is 0 Å². The number of rotatable bonds is 5. The zero-order valence-electron chi connectivity index (χ0n) is 16.5. The third-order valence-electron chi connectivity index (χ3n) is 5.00. The van der Waals surface area contributed by atoms with Gasteiger partial charge in [-0.2, -0.15) is 0 Å². The van der Waals surface area contributed by atoms with Crippen LogP contribution >= 0.6 is 15.9 Å². The van der Waals surface area contributed by atoms with Gasteiger partial charge in [0.15, 0.2) is 11.5 Å². The van der Waals surface area contributed by atoms with Crippen LogP contribution in [0.1, 0.15) is 17.5 Å².